The quantitative estimate of drug-likeness (QED) is 0.859. The van der Waals surface area contributed by atoms with Crippen LogP contribution in [0.5, 0.6) is 0 Å². The lowest BCUT2D eigenvalue weighted by molar-refractivity contribution is 0.0847. The average molecular weight is 339 g/mol. The number of rotatable bonds is 6. The van der Waals surface area contributed by atoms with E-state index in [1.165, 1.54) is 19.3 Å². The molecule has 1 aromatic rings. The summed E-state index contributed by atoms with van der Waals surface area (Å²) >= 11 is 6.24. The lowest BCUT2D eigenvalue weighted by Crippen LogP contribution is -2.36. The number of methoxy groups -OCH3 is 1. The molecule has 0 saturated carbocycles. The molecule has 1 fully saturated rings. The fourth-order valence-electron chi connectivity index (χ4n) is 2.89. The Hall–Kier alpha value is -1.26. The van der Waals surface area contributed by atoms with Gasteiger partial charge in [-0.1, -0.05) is 25.4 Å². The number of carbonyl (C=O) groups is 1. The molecule has 0 aliphatic carbocycles. The number of hydrogen-bond donors (Lipinski definition) is 1. The van der Waals surface area contributed by atoms with Crippen molar-refractivity contribution in [1.29, 1.82) is 0 Å². The molecular weight excluding hydrogens is 312 g/mol. The first-order valence-corrected chi connectivity index (χ1v) is 8.62. The summed E-state index contributed by atoms with van der Waals surface area (Å²) in [5, 5.41) is 3.47. The van der Waals surface area contributed by atoms with Crippen LogP contribution in [0.2, 0.25) is 5.02 Å². The number of carbonyl (C=O) groups excluding carboxylic acids is 1. The zero-order valence-electron chi connectivity index (χ0n) is 14.3. The van der Waals surface area contributed by atoms with E-state index in [0.717, 1.165) is 18.8 Å². The van der Waals surface area contributed by atoms with Gasteiger partial charge >= 0.3 is 0 Å². The van der Waals surface area contributed by atoms with Crippen LogP contribution in [0.1, 0.15) is 43.5 Å². The van der Waals surface area contributed by atoms with Gasteiger partial charge in [0, 0.05) is 37.8 Å². The molecule has 1 aliphatic rings. The third-order valence-electron chi connectivity index (χ3n) is 4.18. The first kappa shape index (κ1) is 18.1. The van der Waals surface area contributed by atoms with Crippen LogP contribution < -0.4 is 10.2 Å². The molecule has 0 spiro atoms. The van der Waals surface area contributed by atoms with E-state index in [2.05, 4.69) is 24.1 Å². The number of halogens is 1. The molecule has 5 heteroatoms. The highest BCUT2D eigenvalue weighted by atomic mass is 35.5. The Labute approximate surface area is 144 Å². The number of amides is 1. The van der Waals surface area contributed by atoms with Gasteiger partial charge in [0.15, 0.2) is 0 Å². The Balaban J connectivity index is 2.07. The molecule has 1 heterocycles. The van der Waals surface area contributed by atoms with Crippen LogP contribution in [-0.2, 0) is 4.74 Å². The van der Waals surface area contributed by atoms with E-state index in [1.54, 1.807) is 7.11 Å². The van der Waals surface area contributed by atoms with Gasteiger partial charge < -0.3 is 15.0 Å². The van der Waals surface area contributed by atoms with Crippen molar-refractivity contribution in [2.75, 3.05) is 38.3 Å². The Morgan fingerprint density at radius 3 is 2.65 bits per heavy atom. The highest BCUT2D eigenvalue weighted by Gasteiger charge is 2.21. The summed E-state index contributed by atoms with van der Waals surface area (Å²) in [7, 11) is 1.67. The van der Waals surface area contributed by atoms with Crippen LogP contribution in [0, 0.1) is 5.41 Å². The molecular formula is C18H27ClN2O2. The Bertz CT molecular complexity index is 540. The highest BCUT2D eigenvalue weighted by molar-refractivity contribution is 6.34. The van der Waals surface area contributed by atoms with E-state index < -0.39 is 0 Å². The van der Waals surface area contributed by atoms with Gasteiger partial charge in [-0.3, -0.25) is 4.79 Å². The fraction of sp³-hybridized carbons (Fsp3) is 0.611. The summed E-state index contributed by atoms with van der Waals surface area (Å²) in [6, 6.07) is 5.73. The molecule has 128 valence electrons. The predicted octanol–water partition coefficient (Wildman–Crippen LogP) is 3.73. The van der Waals surface area contributed by atoms with Crippen molar-refractivity contribution in [2.24, 2.45) is 5.41 Å². The first-order valence-electron chi connectivity index (χ1n) is 8.24. The summed E-state index contributed by atoms with van der Waals surface area (Å²) in [6.07, 6.45) is 3.69. The van der Waals surface area contributed by atoms with Crippen LogP contribution in [0.4, 0.5) is 5.69 Å². The molecule has 4 nitrogen and oxygen atoms in total. The maximum absolute atomic E-state index is 12.5. The normalized spacial score (nSPS) is 15.6. The molecule has 1 aliphatic heterocycles. The van der Waals surface area contributed by atoms with E-state index in [-0.39, 0.29) is 11.3 Å². The second kappa shape index (κ2) is 8.02. The molecule has 23 heavy (non-hydrogen) atoms. The minimum absolute atomic E-state index is 0.110. The van der Waals surface area contributed by atoms with Gasteiger partial charge in [0.25, 0.3) is 5.91 Å². The first-order chi connectivity index (χ1) is 10.9. The Morgan fingerprint density at radius 2 is 2.00 bits per heavy atom. The molecule has 0 aromatic heterocycles. The van der Waals surface area contributed by atoms with E-state index in [1.807, 2.05) is 18.2 Å². The predicted molar refractivity (Wildman–Crippen MR) is 95.5 cm³/mol. The number of anilines is 1. The SMILES string of the molecule is COCC(C)(C)CNC(=O)c1cc(N2CCCCC2)ccc1Cl. The lowest BCUT2D eigenvalue weighted by atomic mass is 9.95. The maximum Gasteiger partial charge on any atom is 0.252 e. The summed E-state index contributed by atoms with van der Waals surface area (Å²) in [4.78, 5) is 14.8. The number of hydrogen-bond acceptors (Lipinski definition) is 3. The van der Waals surface area contributed by atoms with Crippen LogP contribution in [0.25, 0.3) is 0 Å². The Kier molecular flexibility index (Phi) is 6.31. The van der Waals surface area contributed by atoms with E-state index in [0.29, 0.717) is 23.7 Å². The molecule has 0 radical (unpaired) electrons. The topological polar surface area (TPSA) is 41.6 Å². The smallest absolute Gasteiger partial charge is 0.252 e. The largest absolute Gasteiger partial charge is 0.384 e. The Morgan fingerprint density at radius 1 is 1.30 bits per heavy atom. The number of nitrogens with zero attached hydrogens (tertiary/aromatic N) is 1. The van der Waals surface area contributed by atoms with Gasteiger partial charge in [-0.2, -0.15) is 0 Å². The van der Waals surface area contributed by atoms with Crippen LogP contribution >= 0.6 is 11.6 Å². The van der Waals surface area contributed by atoms with Crippen molar-refractivity contribution in [3.63, 3.8) is 0 Å². The third kappa shape index (κ3) is 5.11. The maximum atomic E-state index is 12.5. The average Bonchev–Trinajstić information content (AvgIpc) is 2.54. The molecule has 1 N–H and O–H groups in total. The van der Waals surface area contributed by atoms with Crippen molar-refractivity contribution in [3.8, 4) is 0 Å². The molecule has 1 saturated heterocycles. The second-order valence-electron chi connectivity index (χ2n) is 6.99. The number of benzene rings is 1. The van der Waals surface area contributed by atoms with Crippen molar-refractivity contribution < 1.29 is 9.53 Å². The molecule has 1 aromatic carbocycles. The highest BCUT2D eigenvalue weighted by Crippen LogP contribution is 2.26. The minimum atomic E-state index is -0.127. The molecule has 2 rings (SSSR count). The van der Waals surface area contributed by atoms with Crippen LogP contribution in [-0.4, -0.2) is 39.3 Å². The van der Waals surface area contributed by atoms with Crippen LogP contribution in [0.3, 0.4) is 0 Å². The van der Waals surface area contributed by atoms with E-state index in [4.69, 9.17) is 16.3 Å². The number of piperidine rings is 1. The van der Waals surface area contributed by atoms with Gasteiger partial charge in [-0.25, -0.2) is 0 Å². The van der Waals surface area contributed by atoms with Crippen molar-refractivity contribution >= 4 is 23.2 Å². The van der Waals surface area contributed by atoms with Crippen LogP contribution in [0.15, 0.2) is 18.2 Å². The molecule has 1 amide bonds. The molecule has 0 atom stereocenters. The lowest BCUT2D eigenvalue weighted by Gasteiger charge is -2.29. The third-order valence-corrected chi connectivity index (χ3v) is 4.51. The van der Waals surface area contributed by atoms with Gasteiger partial charge in [0.2, 0.25) is 0 Å². The molecule has 0 unspecified atom stereocenters. The zero-order valence-corrected chi connectivity index (χ0v) is 15.1. The monoisotopic (exact) mass is 338 g/mol. The standard InChI is InChI=1S/C18H27ClN2O2/c1-18(2,13-23-3)12-20-17(22)15-11-14(7-8-16(15)19)21-9-5-4-6-10-21/h7-8,11H,4-6,9-10,12-13H2,1-3H3,(H,20,22). The fourth-order valence-corrected chi connectivity index (χ4v) is 3.10. The van der Waals surface area contributed by atoms with E-state index >= 15 is 0 Å². The van der Waals surface area contributed by atoms with E-state index in [9.17, 15) is 4.79 Å². The zero-order chi connectivity index (χ0) is 16.9. The minimum Gasteiger partial charge on any atom is -0.384 e. The molecule has 0 bridgehead atoms. The van der Waals surface area contributed by atoms with Gasteiger partial charge in [0.05, 0.1) is 17.2 Å². The summed E-state index contributed by atoms with van der Waals surface area (Å²) in [6.45, 7) is 7.34. The van der Waals surface area contributed by atoms with Crippen molar-refractivity contribution in [3.05, 3.63) is 28.8 Å². The van der Waals surface area contributed by atoms with Crippen molar-refractivity contribution in [2.45, 2.75) is 33.1 Å². The second-order valence-corrected chi connectivity index (χ2v) is 7.40. The van der Waals surface area contributed by atoms with Gasteiger partial charge in [-0.05, 0) is 37.5 Å². The summed E-state index contributed by atoms with van der Waals surface area (Å²) in [5.74, 6) is -0.127. The number of nitrogens with one attached hydrogen (secondary N) is 1. The van der Waals surface area contributed by atoms with Gasteiger partial charge in [0.1, 0.15) is 0 Å². The van der Waals surface area contributed by atoms with Gasteiger partial charge in [-0.15, -0.1) is 0 Å². The summed E-state index contributed by atoms with van der Waals surface area (Å²) in [5.41, 5.74) is 1.51. The number of ether oxygens (including phenoxy) is 1. The summed E-state index contributed by atoms with van der Waals surface area (Å²) < 4.78 is 5.18. The van der Waals surface area contributed by atoms with Crippen molar-refractivity contribution in [1.82, 2.24) is 5.32 Å².